The first-order valence-electron chi connectivity index (χ1n) is 5.09. The highest BCUT2D eigenvalue weighted by Gasteiger charge is 2.14. The predicted molar refractivity (Wildman–Crippen MR) is 68.1 cm³/mol. The van der Waals surface area contributed by atoms with Crippen molar-refractivity contribution in [2.24, 2.45) is 11.7 Å². The molecular formula is C10H18ClN3O4. The van der Waals surface area contributed by atoms with E-state index < -0.39 is 23.4 Å². The van der Waals surface area contributed by atoms with Crippen molar-refractivity contribution in [1.29, 1.82) is 0 Å². The maximum atomic E-state index is 9.64. The van der Waals surface area contributed by atoms with Gasteiger partial charge in [-0.25, -0.2) is 0 Å². The molecule has 8 heteroatoms. The first kappa shape index (κ1) is 16.8. The summed E-state index contributed by atoms with van der Waals surface area (Å²) in [5, 5.41) is 38.5. The van der Waals surface area contributed by atoms with E-state index in [2.05, 4.69) is 0 Å². The van der Waals surface area contributed by atoms with E-state index in [0.29, 0.717) is 18.5 Å². The fourth-order valence-electron chi connectivity index (χ4n) is 1.43. The first-order chi connectivity index (χ1) is 7.91. The van der Waals surface area contributed by atoms with Crippen LogP contribution in [0.5, 0.6) is 17.2 Å². The number of hydrazine groups is 2. The van der Waals surface area contributed by atoms with Gasteiger partial charge in [-0.2, -0.15) is 5.12 Å². The van der Waals surface area contributed by atoms with E-state index >= 15 is 0 Å². The number of phenols is 3. The molecule has 0 aliphatic rings. The zero-order chi connectivity index (χ0) is 13.0. The molecule has 1 aromatic carbocycles. The molecule has 0 aliphatic carbocycles. The minimum atomic E-state index is -0.751. The second-order valence-electron chi connectivity index (χ2n) is 3.83. The standard InChI is InChI=1S/C10H17N3O4.ClH/c11-13(12)4-3-7(14)5-6-1-2-8(15)10(17)9(6)16;/h1-2,7,14-17H,3-5,11-12H2;1H. The number of aromatic hydroxyl groups is 3. The lowest BCUT2D eigenvalue weighted by atomic mass is 10.0. The number of hydrogen-bond acceptors (Lipinski definition) is 7. The molecule has 0 saturated heterocycles. The number of phenolic OH excluding ortho intramolecular Hbond substituents is 3. The van der Waals surface area contributed by atoms with E-state index in [4.69, 9.17) is 16.8 Å². The number of rotatable bonds is 5. The molecule has 0 fully saturated rings. The highest BCUT2D eigenvalue weighted by Crippen LogP contribution is 2.37. The lowest BCUT2D eigenvalue weighted by Gasteiger charge is -2.15. The van der Waals surface area contributed by atoms with E-state index in [1.165, 1.54) is 12.1 Å². The van der Waals surface area contributed by atoms with Crippen LogP contribution in [0.2, 0.25) is 0 Å². The zero-order valence-corrected chi connectivity index (χ0v) is 10.5. The van der Waals surface area contributed by atoms with Crippen LogP contribution in [0.1, 0.15) is 12.0 Å². The normalized spacial score (nSPS) is 12.2. The zero-order valence-electron chi connectivity index (χ0n) is 9.65. The molecule has 0 saturated carbocycles. The summed E-state index contributed by atoms with van der Waals surface area (Å²) in [5.41, 5.74) is 0.341. The SMILES string of the molecule is Cl.NN(N)CCC(O)Cc1ccc(O)c(O)c1O. The van der Waals surface area contributed by atoms with Gasteiger partial charge in [-0.1, -0.05) is 6.07 Å². The molecule has 0 aromatic heterocycles. The van der Waals surface area contributed by atoms with Crippen molar-refractivity contribution in [3.63, 3.8) is 0 Å². The molecular weight excluding hydrogens is 262 g/mol. The smallest absolute Gasteiger partial charge is 0.200 e. The van der Waals surface area contributed by atoms with Gasteiger partial charge in [0.15, 0.2) is 11.5 Å². The molecule has 1 unspecified atom stereocenters. The lowest BCUT2D eigenvalue weighted by molar-refractivity contribution is 0.140. The van der Waals surface area contributed by atoms with Crippen LogP contribution in [0.3, 0.4) is 0 Å². The third-order valence-electron chi connectivity index (χ3n) is 2.39. The van der Waals surface area contributed by atoms with Crippen LogP contribution >= 0.6 is 12.4 Å². The van der Waals surface area contributed by atoms with Crippen molar-refractivity contribution in [3.05, 3.63) is 17.7 Å². The Hall–Kier alpha value is -1.25. The minimum Gasteiger partial charge on any atom is -0.504 e. The summed E-state index contributed by atoms with van der Waals surface area (Å²) >= 11 is 0. The summed E-state index contributed by atoms with van der Waals surface area (Å²) in [5.74, 6) is 8.95. The fourth-order valence-corrected chi connectivity index (χ4v) is 1.43. The van der Waals surface area contributed by atoms with E-state index in [1.807, 2.05) is 0 Å². The van der Waals surface area contributed by atoms with Crippen molar-refractivity contribution in [1.82, 2.24) is 5.12 Å². The average Bonchev–Trinajstić information content (AvgIpc) is 2.27. The molecule has 0 radical (unpaired) electrons. The Labute approximate surface area is 111 Å². The molecule has 0 bridgehead atoms. The largest absolute Gasteiger partial charge is 0.504 e. The third kappa shape index (κ3) is 4.55. The van der Waals surface area contributed by atoms with Gasteiger partial charge in [0.05, 0.1) is 6.10 Å². The second kappa shape index (κ2) is 7.24. The van der Waals surface area contributed by atoms with Crippen LogP contribution in [0.4, 0.5) is 0 Å². The maximum absolute atomic E-state index is 9.64. The third-order valence-corrected chi connectivity index (χ3v) is 2.39. The molecule has 104 valence electrons. The van der Waals surface area contributed by atoms with Gasteiger partial charge in [0.25, 0.3) is 0 Å². The van der Waals surface area contributed by atoms with Gasteiger partial charge in [-0.05, 0) is 12.5 Å². The van der Waals surface area contributed by atoms with Crippen molar-refractivity contribution in [2.45, 2.75) is 18.9 Å². The molecule has 0 heterocycles. The van der Waals surface area contributed by atoms with Crippen molar-refractivity contribution >= 4 is 12.4 Å². The molecule has 0 amide bonds. The molecule has 8 N–H and O–H groups in total. The minimum absolute atomic E-state index is 0. The van der Waals surface area contributed by atoms with Crippen molar-refractivity contribution in [3.8, 4) is 17.2 Å². The molecule has 0 aliphatic heterocycles. The Morgan fingerprint density at radius 2 is 1.72 bits per heavy atom. The summed E-state index contributed by atoms with van der Waals surface area (Å²) in [7, 11) is 0. The van der Waals surface area contributed by atoms with Gasteiger partial charge in [0.1, 0.15) is 0 Å². The summed E-state index contributed by atoms with van der Waals surface area (Å²) < 4.78 is 0. The van der Waals surface area contributed by atoms with Crippen molar-refractivity contribution in [2.75, 3.05) is 6.54 Å². The highest BCUT2D eigenvalue weighted by atomic mass is 35.5. The molecule has 1 atom stereocenters. The van der Waals surface area contributed by atoms with Gasteiger partial charge in [-0.15, -0.1) is 12.4 Å². The van der Waals surface area contributed by atoms with Crippen LogP contribution in [-0.2, 0) is 6.42 Å². The van der Waals surface area contributed by atoms with E-state index in [0.717, 1.165) is 5.12 Å². The Morgan fingerprint density at radius 1 is 1.11 bits per heavy atom. The fraction of sp³-hybridized carbons (Fsp3) is 0.400. The van der Waals surface area contributed by atoms with Crippen molar-refractivity contribution < 1.29 is 20.4 Å². The number of nitrogens with two attached hydrogens (primary N) is 2. The van der Waals surface area contributed by atoms with Gasteiger partial charge in [0, 0.05) is 18.5 Å². The van der Waals surface area contributed by atoms with E-state index in [9.17, 15) is 15.3 Å². The van der Waals surface area contributed by atoms with Gasteiger partial charge >= 0.3 is 0 Å². The Bertz CT molecular complexity index is 390. The molecule has 7 nitrogen and oxygen atoms in total. The predicted octanol–water partition coefficient (Wildman–Crippen LogP) is -0.432. The number of hydrogen-bond donors (Lipinski definition) is 6. The van der Waals surface area contributed by atoms with Crippen LogP contribution in [-0.4, -0.2) is 38.2 Å². The number of halogens is 1. The van der Waals surface area contributed by atoms with E-state index in [1.54, 1.807) is 0 Å². The Morgan fingerprint density at radius 3 is 2.28 bits per heavy atom. The monoisotopic (exact) mass is 279 g/mol. The maximum Gasteiger partial charge on any atom is 0.200 e. The molecule has 18 heavy (non-hydrogen) atoms. The summed E-state index contributed by atoms with van der Waals surface area (Å²) in [6.45, 7) is 0.298. The van der Waals surface area contributed by atoms with Gasteiger partial charge in [0.2, 0.25) is 5.75 Å². The van der Waals surface area contributed by atoms with Crippen LogP contribution in [0.25, 0.3) is 0 Å². The lowest BCUT2D eigenvalue weighted by Crippen LogP contribution is -2.40. The highest BCUT2D eigenvalue weighted by molar-refractivity contribution is 5.85. The number of benzene rings is 1. The van der Waals surface area contributed by atoms with Crippen LogP contribution in [0.15, 0.2) is 12.1 Å². The summed E-state index contributed by atoms with van der Waals surface area (Å²) in [6.07, 6.45) is -0.291. The summed E-state index contributed by atoms with van der Waals surface area (Å²) in [4.78, 5) is 0. The Balaban J connectivity index is 0.00000289. The second-order valence-corrected chi connectivity index (χ2v) is 3.83. The first-order valence-corrected chi connectivity index (χ1v) is 5.09. The van der Waals surface area contributed by atoms with Gasteiger partial charge in [-0.3, -0.25) is 11.7 Å². The quantitative estimate of drug-likeness (QED) is 0.244. The molecule has 0 spiro atoms. The number of nitrogens with zero attached hydrogens (tertiary/aromatic N) is 1. The van der Waals surface area contributed by atoms with Crippen LogP contribution in [0, 0.1) is 0 Å². The number of aliphatic hydroxyl groups is 1. The topological polar surface area (TPSA) is 136 Å². The van der Waals surface area contributed by atoms with Gasteiger partial charge < -0.3 is 20.4 Å². The summed E-state index contributed by atoms with van der Waals surface area (Å²) in [6, 6.07) is 2.67. The molecule has 1 rings (SSSR count). The molecule has 1 aromatic rings. The number of aliphatic hydroxyl groups excluding tert-OH is 1. The average molecular weight is 280 g/mol. The van der Waals surface area contributed by atoms with E-state index in [-0.39, 0.29) is 18.8 Å². The van der Waals surface area contributed by atoms with Crippen LogP contribution < -0.4 is 11.7 Å². The Kier molecular flexibility index (Phi) is 6.74.